The number of carbonyl (C=O) groups is 2. The largest absolute Gasteiger partial charge is 0.441 e. The van der Waals surface area contributed by atoms with E-state index in [2.05, 4.69) is 30.7 Å². The molecule has 0 aliphatic heterocycles. The second-order valence-electron chi connectivity index (χ2n) is 7.86. The number of halogens is 4. The molecule has 35 heavy (non-hydrogen) atoms. The van der Waals surface area contributed by atoms with Crippen molar-refractivity contribution in [2.75, 3.05) is 10.6 Å². The fourth-order valence-corrected chi connectivity index (χ4v) is 3.41. The van der Waals surface area contributed by atoms with E-state index in [1.54, 1.807) is 7.05 Å². The van der Waals surface area contributed by atoms with Crippen LogP contribution >= 0.6 is 0 Å². The van der Waals surface area contributed by atoms with Gasteiger partial charge in [0.1, 0.15) is 11.9 Å². The lowest BCUT2D eigenvalue weighted by Gasteiger charge is -2.15. The Morgan fingerprint density at radius 3 is 2.51 bits per heavy atom. The van der Waals surface area contributed by atoms with Gasteiger partial charge in [0.15, 0.2) is 5.82 Å². The first kappa shape index (κ1) is 24.0. The lowest BCUT2D eigenvalue weighted by Crippen LogP contribution is -2.20. The number of aryl methyl sites for hydroxylation is 1. The molecule has 3 aromatic heterocycles. The van der Waals surface area contributed by atoms with Crippen LogP contribution in [0.4, 0.5) is 33.9 Å². The molecule has 4 rings (SSSR count). The first-order valence-corrected chi connectivity index (χ1v) is 10.3. The Morgan fingerprint density at radius 2 is 1.89 bits per heavy atom. The van der Waals surface area contributed by atoms with Crippen molar-refractivity contribution in [1.29, 1.82) is 0 Å². The summed E-state index contributed by atoms with van der Waals surface area (Å²) in [6.45, 7) is 1.48. The number of amides is 2. The SMILES string of the molecule is C[C@@H](OC(=O)Nc1c(-c2ncc(NC(=O)[C@@H]3C[C@H]3C(F)(F)F)cn2)cnn1C)c1cccnc1F. The summed E-state index contributed by atoms with van der Waals surface area (Å²) in [6, 6.07) is 2.95. The summed E-state index contributed by atoms with van der Waals surface area (Å²) in [5.41, 5.74) is 0.528. The third-order valence-electron chi connectivity index (χ3n) is 5.38. The van der Waals surface area contributed by atoms with E-state index in [1.165, 1.54) is 48.5 Å². The Morgan fingerprint density at radius 1 is 1.17 bits per heavy atom. The number of pyridine rings is 1. The van der Waals surface area contributed by atoms with Gasteiger partial charge in [-0.15, -0.1) is 0 Å². The molecular weight excluding hydrogens is 474 g/mol. The average Bonchev–Trinajstić information content (AvgIpc) is 3.55. The Hall–Kier alpha value is -4.10. The molecule has 1 saturated carbocycles. The maximum Gasteiger partial charge on any atom is 0.413 e. The fraction of sp³-hybridized carbons (Fsp3) is 0.333. The van der Waals surface area contributed by atoms with Crippen molar-refractivity contribution >= 4 is 23.5 Å². The summed E-state index contributed by atoms with van der Waals surface area (Å²) < 4.78 is 58.4. The molecule has 1 aliphatic carbocycles. The Balaban J connectivity index is 1.41. The van der Waals surface area contributed by atoms with E-state index < -0.39 is 42.1 Å². The van der Waals surface area contributed by atoms with Crippen LogP contribution in [0.15, 0.2) is 36.9 Å². The number of carbonyl (C=O) groups excluding carboxylic acids is 2. The van der Waals surface area contributed by atoms with E-state index in [4.69, 9.17) is 4.74 Å². The molecule has 10 nitrogen and oxygen atoms in total. The van der Waals surface area contributed by atoms with Gasteiger partial charge in [-0.05, 0) is 25.5 Å². The van der Waals surface area contributed by atoms with Gasteiger partial charge in [-0.3, -0.25) is 14.8 Å². The van der Waals surface area contributed by atoms with Crippen molar-refractivity contribution in [2.24, 2.45) is 18.9 Å². The molecule has 14 heteroatoms. The molecule has 0 saturated heterocycles. The highest BCUT2D eigenvalue weighted by Crippen LogP contribution is 2.50. The van der Waals surface area contributed by atoms with Crippen molar-refractivity contribution in [3.63, 3.8) is 0 Å². The maximum absolute atomic E-state index is 13.8. The summed E-state index contributed by atoms with van der Waals surface area (Å²) in [6.07, 6.45) is -1.36. The molecule has 1 fully saturated rings. The first-order valence-electron chi connectivity index (χ1n) is 10.3. The van der Waals surface area contributed by atoms with Gasteiger partial charge in [-0.25, -0.2) is 19.7 Å². The van der Waals surface area contributed by atoms with Crippen LogP contribution in [-0.2, 0) is 16.6 Å². The predicted molar refractivity (Wildman–Crippen MR) is 113 cm³/mol. The second kappa shape index (κ2) is 9.27. The smallest absolute Gasteiger partial charge is 0.413 e. The summed E-state index contributed by atoms with van der Waals surface area (Å²) in [7, 11) is 1.55. The van der Waals surface area contributed by atoms with E-state index in [-0.39, 0.29) is 29.3 Å². The van der Waals surface area contributed by atoms with Crippen LogP contribution < -0.4 is 10.6 Å². The topological polar surface area (TPSA) is 124 Å². The standard InChI is InChI=1S/C21H19F4N7O3/c1-10(12-4-3-5-26-16(12)22)35-20(34)31-18-14(9-29-32(18)2)17-27-7-11(8-28-17)30-19(33)13-6-15(13)21(23,24)25/h3-5,7-10,13,15H,6H2,1-2H3,(H,30,33)(H,31,34)/t10-,13-,15-/m1/s1. The van der Waals surface area contributed by atoms with Crippen molar-refractivity contribution < 1.29 is 31.9 Å². The maximum atomic E-state index is 13.8. The molecule has 0 spiro atoms. The number of ether oxygens (including phenoxy) is 1. The highest BCUT2D eigenvalue weighted by Gasteiger charge is 2.58. The third kappa shape index (κ3) is 5.36. The van der Waals surface area contributed by atoms with Crippen LogP contribution in [0.2, 0.25) is 0 Å². The third-order valence-corrected chi connectivity index (χ3v) is 5.38. The molecule has 3 atom stereocenters. The van der Waals surface area contributed by atoms with E-state index in [0.29, 0.717) is 5.56 Å². The quantitative estimate of drug-likeness (QED) is 0.395. The molecule has 0 bridgehead atoms. The molecule has 3 aromatic rings. The van der Waals surface area contributed by atoms with E-state index >= 15 is 0 Å². The second-order valence-corrected chi connectivity index (χ2v) is 7.86. The lowest BCUT2D eigenvalue weighted by molar-refractivity contribution is -0.153. The molecule has 2 amide bonds. The minimum atomic E-state index is -4.41. The van der Waals surface area contributed by atoms with Gasteiger partial charge in [-0.1, -0.05) is 0 Å². The van der Waals surface area contributed by atoms with Crippen LogP contribution in [0.1, 0.15) is 25.0 Å². The molecule has 0 aromatic carbocycles. The van der Waals surface area contributed by atoms with Gasteiger partial charge in [0.05, 0.1) is 41.7 Å². The van der Waals surface area contributed by atoms with Crippen LogP contribution in [0.5, 0.6) is 0 Å². The van der Waals surface area contributed by atoms with Crippen LogP contribution in [0, 0.1) is 17.8 Å². The number of nitrogens with one attached hydrogen (secondary N) is 2. The number of hydrogen-bond donors (Lipinski definition) is 2. The number of alkyl halides is 3. The molecule has 184 valence electrons. The Bertz CT molecular complexity index is 1250. The summed E-state index contributed by atoms with van der Waals surface area (Å²) >= 11 is 0. The Kier molecular flexibility index (Phi) is 6.37. The van der Waals surface area contributed by atoms with Crippen molar-refractivity contribution in [1.82, 2.24) is 24.7 Å². The minimum absolute atomic E-state index is 0.0987. The fourth-order valence-electron chi connectivity index (χ4n) is 3.41. The lowest BCUT2D eigenvalue weighted by atomic mass is 10.2. The number of aromatic nitrogens is 5. The zero-order chi connectivity index (χ0) is 25.3. The first-order chi connectivity index (χ1) is 16.5. The number of rotatable bonds is 6. The van der Waals surface area contributed by atoms with Crippen molar-refractivity contribution in [2.45, 2.75) is 25.6 Å². The van der Waals surface area contributed by atoms with Gasteiger partial charge in [0.25, 0.3) is 0 Å². The number of nitrogens with zero attached hydrogens (tertiary/aromatic N) is 5. The highest BCUT2D eigenvalue weighted by molar-refractivity contribution is 5.94. The normalized spacial score (nSPS) is 18.0. The monoisotopic (exact) mass is 493 g/mol. The van der Waals surface area contributed by atoms with Gasteiger partial charge in [0, 0.05) is 18.8 Å². The zero-order valence-corrected chi connectivity index (χ0v) is 18.4. The van der Waals surface area contributed by atoms with Crippen LogP contribution in [-0.4, -0.2) is 42.9 Å². The number of anilines is 2. The molecule has 1 aliphatic rings. The van der Waals surface area contributed by atoms with E-state index in [1.807, 2.05) is 0 Å². The minimum Gasteiger partial charge on any atom is -0.441 e. The highest BCUT2D eigenvalue weighted by atomic mass is 19.4. The van der Waals surface area contributed by atoms with Crippen LogP contribution in [0.3, 0.4) is 0 Å². The van der Waals surface area contributed by atoms with Crippen LogP contribution in [0.25, 0.3) is 11.4 Å². The van der Waals surface area contributed by atoms with E-state index in [0.717, 1.165) is 0 Å². The van der Waals surface area contributed by atoms with Gasteiger partial charge >= 0.3 is 12.3 Å². The van der Waals surface area contributed by atoms with Gasteiger partial charge < -0.3 is 10.1 Å². The summed E-state index contributed by atoms with van der Waals surface area (Å²) in [4.78, 5) is 36.1. The molecular formula is C21H19F4N7O3. The summed E-state index contributed by atoms with van der Waals surface area (Å²) in [5.74, 6) is -3.98. The molecule has 3 heterocycles. The molecule has 2 N–H and O–H groups in total. The number of hydrogen-bond acceptors (Lipinski definition) is 7. The predicted octanol–water partition coefficient (Wildman–Crippen LogP) is 3.86. The van der Waals surface area contributed by atoms with Gasteiger partial charge in [-0.2, -0.15) is 22.7 Å². The van der Waals surface area contributed by atoms with E-state index in [9.17, 15) is 27.2 Å². The van der Waals surface area contributed by atoms with Crippen molar-refractivity contribution in [3.8, 4) is 11.4 Å². The van der Waals surface area contributed by atoms with Gasteiger partial charge in [0.2, 0.25) is 11.9 Å². The Labute approximate surface area is 195 Å². The zero-order valence-electron chi connectivity index (χ0n) is 18.4. The molecule has 0 radical (unpaired) electrons. The summed E-state index contributed by atoms with van der Waals surface area (Å²) in [5, 5.41) is 8.93. The van der Waals surface area contributed by atoms with Crippen molar-refractivity contribution in [3.05, 3.63) is 48.4 Å². The molecule has 0 unspecified atom stereocenters. The average molecular weight is 493 g/mol.